The van der Waals surface area contributed by atoms with Crippen molar-refractivity contribution in [1.82, 2.24) is 9.80 Å². The van der Waals surface area contributed by atoms with Crippen molar-refractivity contribution in [2.45, 2.75) is 78.7 Å². The lowest BCUT2D eigenvalue weighted by atomic mass is 9.91. The molecule has 0 radical (unpaired) electrons. The molecule has 2 saturated heterocycles. The molecule has 0 unspecified atom stereocenters. The number of hydrogen-bond acceptors (Lipinski definition) is 11. The van der Waals surface area contributed by atoms with Gasteiger partial charge in [0, 0.05) is 49.8 Å². The molecule has 0 spiro atoms. The third kappa shape index (κ3) is 18.8. The van der Waals surface area contributed by atoms with Crippen LogP contribution in [0.5, 0.6) is 34.5 Å². The van der Waals surface area contributed by atoms with Gasteiger partial charge in [-0.1, -0.05) is 13.8 Å². The van der Waals surface area contributed by atoms with Crippen molar-refractivity contribution in [2.75, 3.05) is 65.8 Å². The highest BCUT2D eigenvalue weighted by atomic mass is 16.5. The normalized spacial score (nSPS) is 13.8. The Morgan fingerprint density at radius 1 is 0.508 bits per heavy atom. The Bertz CT molecular complexity index is 1990. The molecule has 0 saturated carbocycles. The lowest BCUT2D eigenvalue weighted by molar-refractivity contribution is -0.139. The minimum Gasteiger partial charge on any atom is -0.494 e. The summed E-state index contributed by atoms with van der Waals surface area (Å²) in [6.45, 7) is 13.2. The van der Waals surface area contributed by atoms with Crippen LogP contribution in [-0.2, 0) is 9.59 Å². The fraction of sp³-hybridized carbons (Fsp3) is 0.451. The molecule has 2 aliphatic heterocycles. The van der Waals surface area contributed by atoms with E-state index in [2.05, 4.69) is 6.92 Å². The quantitative estimate of drug-likeness (QED) is 0.0869. The molecule has 0 aliphatic carbocycles. The van der Waals surface area contributed by atoms with Gasteiger partial charge >= 0.3 is 5.97 Å². The lowest BCUT2D eigenvalue weighted by Gasteiger charge is -2.31. The average Bonchev–Trinajstić information content (AvgIpc) is 3.33. The summed E-state index contributed by atoms with van der Waals surface area (Å²) in [6.07, 6.45) is 5.85. The number of hydrogen-bond donors (Lipinski definition) is 2. The molecular weight excluding hydrogens is 831 g/mol. The van der Waals surface area contributed by atoms with E-state index in [1.165, 1.54) is 0 Å². The van der Waals surface area contributed by atoms with Crippen molar-refractivity contribution in [1.29, 1.82) is 0 Å². The Balaban J connectivity index is 0.000000236. The van der Waals surface area contributed by atoms with Crippen molar-refractivity contribution >= 4 is 23.6 Å². The molecular formula is C51H67N3O11. The summed E-state index contributed by atoms with van der Waals surface area (Å²) in [5, 5.41) is 8.40. The molecule has 0 atom stereocenters. The molecule has 4 aromatic carbocycles. The molecule has 14 nitrogen and oxygen atoms in total. The van der Waals surface area contributed by atoms with E-state index in [0.717, 1.165) is 74.6 Å². The standard InChI is InChI=1S/C26H33NO5.C14H20N2O2.C11H14O4/c1-3-17-31-24-9-11-25(12-10-24)32-19-22(28)18-20-13-15-27(16-14-20)26(29)21-5-7-23(8-6-21)30-4-2;1-2-18-13-5-3-11(4-6-13)14(17)16-9-7-12(15)8-10-16;1-2-7-14-9-3-5-10(6-4-9)15-8-11(12)13/h5-12,20H,3-4,13-19H2,1-2H3;3-6,12H,2,7-10,15H2,1H3;3-6H,2,7-8H2,1H3,(H,12,13). The summed E-state index contributed by atoms with van der Waals surface area (Å²) in [5.74, 6) is 3.85. The number of ketones is 1. The highest BCUT2D eigenvalue weighted by Crippen LogP contribution is 2.24. The topological polar surface area (TPSA) is 176 Å². The number of rotatable bonds is 20. The molecule has 0 aromatic heterocycles. The molecule has 2 aliphatic rings. The second-order valence-electron chi connectivity index (χ2n) is 15.6. The Kier molecular flexibility index (Phi) is 22.5. The molecule has 2 heterocycles. The molecule has 2 amide bonds. The summed E-state index contributed by atoms with van der Waals surface area (Å²) in [4.78, 5) is 51.3. The zero-order chi connectivity index (χ0) is 46.8. The van der Waals surface area contributed by atoms with E-state index in [0.29, 0.717) is 74.5 Å². The number of carbonyl (C=O) groups is 4. The number of likely N-dealkylation sites (tertiary alicyclic amines) is 2. The van der Waals surface area contributed by atoms with Crippen molar-refractivity contribution in [2.24, 2.45) is 11.7 Å². The van der Waals surface area contributed by atoms with E-state index in [4.69, 9.17) is 39.3 Å². The number of amides is 2. The van der Waals surface area contributed by atoms with Crippen LogP contribution >= 0.6 is 0 Å². The van der Waals surface area contributed by atoms with Gasteiger partial charge in [-0.25, -0.2) is 4.79 Å². The van der Waals surface area contributed by atoms with Gasteiger partial charge in [-0.2, -0.15) is 0 Å². The first-order valence-electron chi connectivity index (χ1n) is 22.8. The van der Waals surface area contributed by atoms with Crippen LogP contribution < -0.4 is 34.2 Å². The number of benzene rings is 4. The Labute approximate surface area is 383 Å². The third-order valence-electron chi connectivity index (χ3n) is 10.4. The van der Waals surface area contributed by atoms with E-state index >= 15 is 0 Å². The Morgan fingerprint density at radius 3 is 1.22 bits per heavy atom. The maximum atomic E-state index is 12.7. The maximum Gasteiger partial charge on any atom is 0.341 e. The van der Waals surface area contributed by atoms with Gasteiger partial charge < -0.3 is 49.1 Å². The third-order valence-corrected chi connectivity index (χ3v) is 10.4. The molecule has 6 rings (SSSR count). The minimum absolute atomic E-state index is 0.0347. The number of carbonyl (C=O) groups excluding carboxylic acids is 3. The van der Waals surface area contributed by atoms with Crippen molar-refractivity contribution in [3.63, 3.8) is 0 Å². The van der Waals surface area contributed by atoms with Gasteiger partial charge in [-0.15, -0.1) is 0 Å². The van der Waals surface area contributed by atoms with Gasteiger partial charge in [0.25, 0.3) is 11.8 Å². The summed E-state index contributed by atoms with van der Waals surface area (Å²) >= 11 is 0. The molecule has 14 heteroatoms. The van der Waals surface area contributed by atoms with Crippen LogP contribution in [0, 0.1) is 5.92 Å². The highest BCUT2D eigenvalue weighted by molar-refractivity contribution is 5.95. The van der Waals surface area contributed by atoms with Gasteiger partial charge in [-0.3, -0.25) is 14.4 Å². The summed E-state index contributed by atoms with van der Waals surface area (Å²) in [5.41, 5.74) is 7.22. The van der Waals surface area contributed by atoms with Gasteiger partial charge in [0.05, 0.1) is 26.4 Å². The SMILES string of the molecule is CCCOc1ccc(OCC(=O)CC2CCN(C(=O)c3ccc(OCC)cc3)CC2)cc1.CCCOc1ccc(OCC(=O)O)cc1.CCOc1ccc(C(=O)N2CCC(N)CC2)cc1. The van der Waals surface area contributed by atoms with Crippen LogP contribution in [0.25, 0.3) is 0 Å². The highest BCUT2D eigenvalue weighted by Gasteiger charge is 2.25. The predicted octanol–water partition coefficient (Wildman–Crippen LogP) is 8.35. The number of aliphatic carboxylic acids is 1. The van der Waals surface area contributed by atoms with E-state index in [1.54, 1.807) is 24.3 Å². The fourth-order valence-electron chi connectivity index (χ4n) is 6.92. The van der Waals surface area contributed by atoms with E-state index in [1.807, 2.05) is 103 Å². The van der Waals surface area contributed by atoms with Crippen LogP contribution in [-0.4, -0.2) is 110 Å². The van der Waals surface area contributed by atoms with E-state index < -0.39 is 5.97 Å². The molecule has 352 valence electrons. The smallest absolute Gasteiger partial charge is 0.341 e. The van der Waals surface area contributed by atoms with Crippen LogP contribution in [0.1, 0.15) is 93.4 Å². The Morgan fingerprint density at radius 2 is 0.846 bits per heavy atom. The van der Waals surface area contributed by atoms with Crippen LogP contribution in [0.3, 0.4) is 0 Å². The van der Waals surface area contributed by atoms with Crippen LogP contribution in [0.4, 0.5) is 0 Å². The van der Waals surface area contributed by atoms with Gasteiger partial charge in [0.15, 0.2) is 12.4 Å². The van der Waals surface area contributed by atoms with Crippen LogP contribution in [0.15, 0.2) is 97.1 Å². The Hall–Kier alpha value is -6.28. The zero-order valence-electron chi connectivity index (χ0n) is 38.4. The lowest BCUT2D eigenvalue weighted by Crippen LogP contribution is -2.42. The summed E-state index contributed by atoms with van der Waals surface area (Å²) in [7, 11) is 0. The number of Topliss-reactive ketones (excluding diaryl/α,β-unsaturated/α-hetero) is 1. The predicted molar refractivity (Wildman–Crippen MR) is 250 cm³/mol. The zero-order valence-corrected chi connectivity index (χ0v) is 38.4. The number of nitrogens with zero attached hydrogens (tertiary/aromatic N) is 2. The average molecular weight is 898 g/mol. The van der Waals surface area contributed by atoms with Crippen molar-refractivity contribution < 1.29 is 52.7 Å². The van der Waals surface area contributed by atoms with Gasteiger partial charge in [-0.05, 0) is 155 Å². The first-order valence-corrected chi connectivity index (χ1v) is 22.8. The summed E-state index contributed by atoms with van der Waals surface area (Å²) in [6, 6.07) is 29.1. The van der Waals surface area contributed by atoms with Crippen LogP contribution in [0.2, 0.25) is 0 Å². The first kappa shape index (κ1) is 51.4. The second-order valence-corrected chi connectivity index (χ2v) is 15.6. The number of carboxylic acid groups (broad SMARTS) is 1. The fourth-order valence-corrected chi connectivity index (χ4v) is 6.92. The number of piperidine rings is 2. The maximum absolute atomic E-state index is 12.7. The largest absolute Gasteiger partial charge is 0.494 e. The number of ether oxygens (including phenoxy) is 6. The van der Waals surface area contributed by atoms with E-state index in [9.17, 15) is 19.2 Å². The van der Waals surface area contributed by atoms with E-state index in [-0.39, 0.29) is 36.9 Å². The minimum atomic E-state index is -0.985. The van der Waals surface area contributed by atoms with Crippen molar-refractivity contribution in [3.8, 4) is 34.5 Å². The molecule has 0 bridgehead atoms. The molecule has 4 aromatic rings. The van der Waals surface area contributed by atoms with Gasteiger partial charge in [0.1, 0.15) is 41.1 Å². The summed E-state index contributed by atoms with van der Waals surface area (Å²) < 4.78 is 32.3. The monoisotopic (exact) mass is 897 g/mol. The number of nitrogens with two attached hydrogens (primary N) is 1. The molecule has 3 N–H and O–H groups in total. The molecule has 65 heavy (non-hydrogen) atoms. The van der Waals surface area contributed by atoms with Crippen molar-refractivity contribution in [3.05, 3.63) is 108 Å². The first-order chi connectivity index (χ1) is 31.5. The second kappa shape index (κ2) is 28.5. The van der Waals surface area contributed by atoms with Gasteiger partial charge in [0.2, 0.25) is 0 Å². The molecule has 2 fully saturated rings. The number of carboxylic acids is 1.